The van der Waals surface area contributed by atoms with Gasteiger partial charge in [0.25, 0.3) is 0 Å². The molecule has 4 nitrogen and oxygen atoms in total. The van der Waals surface area contributed by atoms with Gasteiger partial charge in [0, 0.05) is 19.1 Å². The van der Waals surface area contributed by atoms with Crippen LogP contribution in [0.15, 0.2) is 24.3 Å². The predicted octanol–water partition coefficient (Wildman–Crippen LogP) is 1.77. The van der Waals surface area contributed by atoms with Crippen molar-refractivity contribution < 1.29 is 8.42 Å². The van der Waals surface area contributed by atoms with Crippen LogP contribution in [0.3, 0.4) is 0 Å². The highest BCUT2D eigenvalue weighted by molar-refractivity contribution is 7.89. The van der Waals surface area contributed by atoms with Gasteiger partial charge in [0.05, 0.1) is 5.75 Å². The van der Waals surface area contributed by atoms with E-state index in [0.29, 0.717) is 25.0 Å². The van der Waals surface area contributed by atoms with E-state index in [1.165, 1.54) is 11.1 Å². The highest BCUT2D eigenvalue weighted by Gasteiger charge is 2.29. The molecule has 0 heterocycles. The topological polar surface area (TPSA) is 58.2 Å². The maximum absolute atomic E-state index is 11.5. The van der Waals surface area contributed by atoms with Crippen molar-refractivity contribution in [1.82, 2.24) is 10.0 Å². The van der Waals surface area contributed by atoms with Crippen LogP contribution < -0.4 is 10.0 Å². The summed E-state index contributed by atoms with van der Waals surface area (Å²) >= 11 is 0. The van der Waals surface area contributed by atoms with Crippen LogP contribution in [0, 0.1) is 6.92 Å². The van der Waals surface area contributed by atoms with Crippen molar-refractivity contribution in [3.63, 3.8) is 0 Å². The van der Waals surface area contributed by atoms with Gasteiger partial charge in [-0.25, -0.2) is 13.1 Å². The zero-order chi connectivity index (χ0) is 14.6. The third-order valence-electron chi connectivity index (χ3n) is 3.85. The van der Waals surface area contributed by atoms with Crippen molar-refractivity contribution >= 4 is 10.0 Å². The van der Waals surface area contributed by atoms with Gasteiger partial charge in [0.1, 0.15) is 0 Å². The molecule has 0 bridgehead atoms. The lowest BCUT2D eigenvalue weighted by Gasteiger charge is -2.36. The molecule has 0 amide bonds. The minimum atomic E-state index is -3.09. The number of rotatable bonds is 7. The van der Waals surface area contributed by atoms with Crippen LogP contribution in [0.25, 0.3) is 0 Å². The summed E-state index contributed by atoms with van der Waals surface area (Å²) in [5.74, 6) is 0.783. The molecule has 2 rings (SSSR count). The van der Waals surface area contributed by atoms with Gasteiger partial charge >= 0.3 is 0 Å². The van der Waals surface area contributed by atoms with E-state index >= 15 is 0 Å². The van der Waals surface area contributed by atoms with Crippen LogP contribution in [-0.4, -0.2) is 33.3 Å². The summed E-state index contributed by atoms with van der Waals surface area (Å²) in [6, 6.07) is 9.16. The fourth-order valence-corrected chi connectivity index (χ4v) is 3.56. The molecule has 1 aromatic rings. The maximum Gasteiger partial charge on any atom is 0.212 e. The van der Waals surface area contributed by atoms with Crippen LogP contribution >= 0.6 is 0 Å². The Morgan fingerprint density at radius 3 is 2.45 bits per heavy atom. The van der Waals surface area contributed by atoms with Crippen LogP contribution in [-0.2, 0) is 10.0 Å². The minimum Gasteiger partial charge on any atom is -0.313 e. The summed E-state index contributed by atoms with van der Waals surface area (Å²) in [5.41, 5.74) is 2.69. The Morgan fingerprint density at radius 2 is 1.85 bits per heavy atom. The quantitative estimate of drug-likeness (QED) is 0.806. The number of nitrogens with one attached hydrogen (secondary N) is 2. The van der Waals surface area contributed by atoms with Gasteiger partial charge in [-0.05, 0) is 31.2 Å². The Kier molecular flexibility index (Phi) is 5.18. The van der Waals surface area contributed by atoms with Crippen molar-refractivity contribution in [2.75, 3.05) is 18.8 Å². The molecule has 1 aliphatic rings. The molecule has 1 aliphatic carbocycles. The molecule has 0 atom stereocenters. The zero-order valence-corrected chi connectivity index (χ0v) is 13.0. The van der Waals surface area contributed by atoms with Gasteiger partial charge in [0.15, 0.2) is 0 Å². The standard InChI is InChI=1S/C15H24N2O2S/c1-3-17-20(18,19)9-8-16-15-10-14(11-15)13-6-4-12(2)5-7-13/h4-7,14-17H,3,8-11H2,1-2H3. The van der Waals surface area contributed by atoms with Crippen molar-refractivity contribution in [1.29, 1.82) is 0 Å². The molecule has 20 heavy (non-hydrogen) atoms. The molecular formula is C15H24N2O2S. The summed E-state index contributed by atoms with van der Waals surface area (Å²) in [5, 5.41) is 3.33. The Bertz CT molecular complexity index is 519. The molecule has 0 aliphatic heterocycles. The van der Waals surface area contributed by atoms with Crippen LogP contribution in [0.1, 0.15) is 36.8 Å². The van der Waals surface area contributed by atoms with Crippen molar-refractivity contribution in [3.05, 3.63) is 35.4 Å². The molecule has 2 N–H and O–H groups in total. The molecule has 1 aromatic carbocycles. The van der Waals surface area contributed by atoms with Crippen molar-refractivity contribution in [3.8, 4) is 0 Å². The molecular weight excluding hydrogens is 272 g/mol. The lowest BCUT2D eigenvalue weighted by atomic mass is 9.76. The van der Waals surface area contributed by atoms with Gasteiger partial charge in [-0.15, -0.1) is 0 Å². The molecule has 0 unspecified atom stereocenters. The van der Waals surface area contributed by atoms with E-state index in [2.05, 4.69) is 41.2 Å². The zero-order valence-electron chi connectivity index (χ0n) is 12.2. The summed E-state index contributed by atoms with van der Waals surface area (Å²) in [7, 11) is -3.09. The first-order valence-corrected chi connectivity index (χ1v) is 8.92. The average molecular weight is 296 g/mol. The Morgan fingerprint density at radius 1 is 1.20 bits per heavy atom. The Balaban J connectivity index is 1.68. The predicted molar refractivity (Wildman–Crippen MR) is 82.4 cm³/mol. The normalized spacial score (nSPS) is 22.5. The van der Waals surface area contributed by atoms with Gasteiger partial charge in [-0.2, -0.15) is 0 Å². The summed E-state index contributed by atoms with van der Waals surface area (Å²) in [6.07, 6.45) is 2.20. The SMILES string of the molecule is CCNS(=O)(=O)CCNC1CC(c2ccc(C)cc2)C1. The lowest BCUT2D eigenvalue weighted by Crippen LogP contribution is -2.43. The summed E-state index contributed by atoms with van der Waals surface area (Å²) in [6.45, 7) is 4.88. The molecule has 0 aromatic heterocycles. The fourth-order valence-electron chi connectivity index (χ4n) is 2.58. The van der Waals surface area contributed by atoms with E-state index in [1.54, 1.807) is 6.92 Å². The molecule has 112 valence electrons. The molecule has 0 spiro atoms. The van der Waals surface area contributed by atoms with Crippen LogP contribution in [0.4, 0.5) is 0 Å². The first-order chi connectivity index (χ1) is 9.50. The first kappa shape index (κ1) is 15.5. The van der Waals surface area contributed by atoms with E-state index in [-0.39, 0.29) is 5.75 Å². The third kappa shape index (κ3) is 4.30. The Labute approximate surface area is 122 Å². The van der Waals surface area contributed by atoms with Crippen LogP contribution in [0.2, 0.25) is 0 Å². The second-order valence-corrected chi connectivity index (χ2v) is 7.47. The highest BCUT2D eigenvalue weighted by atomic mass is 32.2. The lowest BCUT2D eigenvalue weighted by molar-refractivity contribution is 0.296. The summed E-state index contributed by atoms with van der Waals surface area (Å²) in [4.78, 5) is 0. The van der Waals surface area contributed by atoms with Gasteiger partial charge in [-0.1, -0.05) is 36.8 Å². The van der Waals surface area contributed by atoms with E-state index in [9.17, 15) is 8.42 Å². The van der Waals surface area contributed by atoms with E-state index < -0.39 is 10.0 Å². The van der Waals surface area contributed by atoms with Crippen molar-refractivity contribution in [2.24, 2.45) is 0 Å². The fraction of sp³-hybridized carbons (Fsp3) is 0.600. The van der Waals surface area contributed by atoms with Gasteiger partial charge < -0.3 is 5.32 Å². The summed E-state index contributed by atoms with van der Waals surface area (Å²) < 4.78 is 25.5. The average Bonchev–Trinajstić information content (AvgIpc) is 2.33. The smallest absolute Gasteiger partial charge is 0.212 e. The van der Waals surface area contributed by atoms with Gasteiger partial charge in [-0.3, -0.25) is 0 Å². The second-order valence-electron chi connectivity index (χ2n) is 5.55. The number of aryl methyl sites for hydroxylation is 1. The monoisotopic (exact) mass is 296 g/mol. The molecule has 5 heteroatoms. The minimum absolute atomic E-state index is 0.159. The molecule has 0 saturated heterocycles. The van der Waals surface area contributed by atoms with E-state index in [4.69, 9.17) is 0 Å². The van der Waals surface area contributed by atoms with Gasteiger partial charge in [0.2, 0.25) is 10.0 Å². The second kappa shape index (κ2) is 6.70. The van der Waals surface area contributed by atoms with E-state index in [0.717, 1.165) is 12.8 Å². The molecule has 1 saturated carbocycles. The number of sulfonamides is 1. The van der Waals surface area contributed by atoms with Crippen LogP contribution in [0.5, 0.6) is 0 Å². The maximum atomic E-state index is 11.5. The van der Waals surface area contributed by atoms with E-state index in [1.807, 2.05) is 0 Å². The van der Waals surface area contributed by atoms with Crippen molar-refractivity contribution in [2.45, 2.75) is 38.6 Å². The molecule has 1 fully saturated rings. The first-order valence-electron chi connectivity index (χ1n) is 7.27. The highest BCUT2D eigenvalue weighted by Crippen LogP contribution is 2.36. The largest absolute Gasteiger partial charge is 0.313 e. The molecule has 0 radical (unpaired) electrons. The Hall–Kier alpha value is -0.910. The number of benzene rings is 1. The third-order valence-corrected chi connectivity index (χ3v) is 5.32. The number of hydrogen-bond acceptors (Lipinski definition) is 3. The number of hydrogen-bond donors (Lipinski definition) is 2.